The van der Waals surface area contributed by atoms with E-state index in [-0.39, 0.29) is 0 Å². The highest BCUT2D eigenvalue weighted by atomic mass is 16.5. The van der Waals surface area contributed by atoms with Crippen LogP contribution >= 0.6 is 0 Å². The molecule has 2 aromatic rings. The smallest absolute Gasteiger partial charge is 0.225 e. The molecule has 0 radical (unpaired) electrons. The van der Waals surface area contributed by atoms with E-state index in [9.17, 15) is 0 Å². The summed E-state index contributed by atoms with van der Waals surface area (Å²) in [7, 11) is 3.64. The fourth-order valence-corrected chi connectivity index (χ4v) is 1.56. The van der Waals surface area contributed by atoms with Crippen LogP contribution in [0, 0.1) is 0 Å². The summed E-state index contributed by atoms with van der Waals surface area (Å²) in [5, 5.41) is 0. The molecule has 0 bridgehead atoms. The third-order valence-electron chi connectivity index (χ3n) is 2.47. The number of benzene rings is 1. The summed E-state index contributed by atoms with van der Waals surface area (Å²) in [6.45, 7) is 0.772. The van der Waals surface area contributed by atoms with E-state index >= 15 is 0 Å². The quantitative estimate of drug-likeness (QED) is 0.805. The summed E-state index contributed by atoms with van der Waals surface area (Å²) in [5.74, 6) is 1.59. The minimum Gasteiger partial charge on any atom is -0.497 e. The van der Waals surface area contributed by atoms with Gasteiger partial charge in [0.2, 0.25) is 5.95 Å². The van der Waals surface area contributed by atoms with Crippen LogP contribution in [-0.4, -0.2) is 24.1 Å². The van der Waals surface area contributed by atoms with Gasteiger partial charge in [0.15, 0.2) is 0 Å². The van der Waals surface area contributed by atoms with E-state index in [1.807, 2.05) is 42.3 Å². The molecule has 1 heterocycles. The lowest BCUT2D eigenvalue weighted by atomic mass is 10.2. The number of hydrogen-bond acceptors (Lipinski definition) is 4. The third-order valence-corrected chi connectivity index (χ3v) is 2.47. The summed E-state index contributed by atoms with van der Waals surface area (Å²) in [6.07, 6.45) is 3.49. The summed E-state index contributed by atoms with van der Waals surface area (Å²) >= 11 is 0. The van der Waals surface area contributed by atoms with Gasteiger partial charge in [-0.1, -0.05) is 12.1 Å². The summed E-state index contributed by atoms with van der Waals surface area (Å²) in [4.78, 5) is 10.4. The topological polar surface area (TPSA) is 38.2 Å². The van der Waals surface area contributed by atoms with Crippen LogP contribution in [0.3, 0.4) is 0 Å². The van der Waals surface area contributed by atoms with Crippen LogP contribution in [0.5, 0.6) is 5.75 Å². The Morgan fingerprint density at radius 3 is 2.35 bits per heavy atom. The van der Waals surface area contributed by atoms with E-state index < -0.39 is 0 Å². The zero-order chi connectivity index (χ0) is 12.1. The highest BCUT2D eigenvalue weighted by Crippen LogP contribution is 2.14. The summed E-state index contributed by atoms with van der Waals surface area (Å²) < 4.78 is 5.12. The van der Waals surface area contributed by atoms with Crippen molar-refractivity contribution in [3.63, 3.8) is 0 Å². The van der Waals surface area contributed by atoms with Crippen molar-refractivity contribution >= 4 is 5.95 Å². The third kappa shape index (κ3) is 2.93. The Hall–Kier alpha value is -2.10. The molecule has 4 nitrogen and oxygen atoms in total. The fraction of sp³-hybridized carbons (Fsp3) is 0.231. The van der Waals surface area contributed by atoms with Crippen molar-refractivity contribution in [2.24, 2.45) is 0 Å². The van der Waals surface area contributed by atoms with Crippen molar-refractivity contribution in [2.45, 2.75) is 6.54 Å². The van der Waals surface area contributed by atoms with Gasteiger partial charge in [-0.05, 0) is 23.8 Å². The van der Waals surface area contributed by atoms with Gasteiger partial charge in [-0.2, -0.15) is 0 Å². The number of ether oxygens (including phenoxy) is 1. The number of hydrogen-bond donors (Lipinski definition) is 0. The Kier molecular flexibility index (Phi) is 3.55. The van der Waals surface area contributed by atoms with Gasteiger partial charge in [0.05, 0.1) is 7.11 Å². The van der Waals surface area contributed by atoms with Gasteiger partial charge in [0.25, 0.3) is 0 Å². The minimum absolute atomic E-state index is 0.725. The Balaban J connectivity index is 2.05. The average Bonchev–Trinajstić information content (AvgIpc) is 2.40. The second-order valence-electron chi connectivity index (χ2n) is 3.75. The molecular formula is C13H15N3O. The molecule has 0 atom stereocenters. The first-order valence-electron chi connectivity index (χ1n) is 5.40. The van der Waals surface area contributed by atoms with Gasteiger partial charge in [0.1, 0.15) is 5.75 Å². The Morgan fingerprint density at radius 1 is 1.12 bits per heavy atom. The first kappa shape index (κ1) is 11.4. The summed E-state index contributed by atoms with van der Waals surface area (Å²) in [6, 6.07) is 9.80. The Labute approximate surface area is 101 Å². The molecule has 17 heavy (non-hydrogen) atoms. The number of rotatable bonds is 4. The van der Waals surface area contributed by atoms with Crippen LogP contribution in [0.2, 0.25) is 0 Å². The molecule has 0 fully saturated rings. The number of anilines is 1. The van der Waals surface area contributed by atoms with E-state index in [4.69, 9.17) is 4.74 Å². The minimum atomic E-state index is 0.725. The van der Waals surface area contributed by atoms with Gasteiger partial charge in [-0.25, -0.2) is 9.97 Å². The molecule has 1 aromatic heterocycles. The Morgan fingerprint density at radius 2 is 1.76 bits per heavy atom. The van der Waals surface area contributed by atoms with Gasteiger partial charge < -0.3 is 9.64 Å². The van der Waals surface area contributed by atoms with Crippen molar-refractivity contribution < 1.29 is 4.74 Å². The Bertz CT molecular complexity index is 456. The van der Waals surface area contributed by atoms with Crippen LogP contribution in [0.15, 0.2) is 42.7 Å². The lowest BCUT2D eigenvalue weighted by Gasteiger charge is -2.16. The molecule has 0 amide bonds. The van der Waals surface area contributed by atoms with Gasteiger partial charge >= 0.3 is 0 Å². The van der Waals surface area contributed by atoms with Crippen molar-refractivity contribution in [1.82, 2.24) is 9.97 Å². The molecule has 0 N–H and O–H groups in total. The molecule has 0 aliphatic carbocycles. The zero-order valence-corrected chi connectivity index (χ0v) is 10.00. The van der Waals surface area contributed by atoms with E-state index in [2.05, 4.69) is 9.97 Å². The molecule has 4 heteroatoms. The van der Waals surface area contributed by atoms with Gasteiger partial charge in [0, 0.05) is 26.0 Å². The van der Waals surface area contributed by atoms with Crippen molar-refractivity contribution in [3.8, 4) is 5.75 Å². The predicted octanol–water partition coefficient (Wildman–Crippen LogP) is 2.12. The SMILES string of the molecule is COc1ccc(CN(C)c2ncccn2)cc1. The van der Waals surface area contributed by atoms with E-state index in [1.54, 1.807) is 19.5 Å². The van der Waals surface area contributed by atoms with E-state index in [0.717, 1.165) is 18.2 Å². The van der Waals surface area contributed by atoms with Crippen LogP contribution in [0.25, 0.3) is 0 Å². The molecule has 0 spiro atoms. The average molecular weight is 229 g/mol. The van der Waals surface area contributed by atoms with Crippen molar-refractivity contribution in [3.05, 3.63) is 48.3 Å². The maximum Gasteiger partial charge on any atom is 0.225 e. The predicted molar refractivity (Wildman–Crippen MR) is 67.1 cm³/mol. The first-order valence-corrected chi connectivity index (χ1v) is 5.40. The molecule has 2 rings (SSSR count). The zero-order valence-electron chi connectivity index (χ0n) is 10.00. The lowest BCUT2D eigenvalue weighted by molar-refractivity contribution is 0.414. The molecule has 0 aliphatic rings. The monoisotopic (exact) mass is 229 g/mol. The second kappa shape index (κ2) is 5.30. The maximum atomic E-state index is 5.12. The first-order chi connectivity index (χ1) is 8.29. The molecule has 0 saturated carbocycles. The lowest BCUT2D eigenvalue weighted by Crippen LogP contribution is -2.18. The van der Waals surface area contributed by atoms with Crippen LogP contribution < -0.4 is 9.64 Å². The highest BCUT2D eigenvalue weighted by Gasteiger charge is 2.03. The maximum absolute atomic E-state index is 5.12. The van der Waals surface area contributed by atoms with Crippen molar-refractivity contribution in [1.29, 1.82) is 0 Å². The molecule has 0 aliphatic heterocycles. The molecular weight excluding hydrogens is 214 g/mol. The molecule has 1 aromatic carbocycles. The molecule has 0 unspecified atom stereocenters. The van der Waals surface area contributed by atoms with Crippen LogP contribution in [-0.2, 0) is 6.54 Å². The van der Waals surface area contributed by atoms with Crippen molar-refractivity contribution in [2.75, 3.05) is 19.1 Å². The van der Waals surface area contributed by atoms with Crippen LogP contribution in [0.1, 0.15) is 5.56 Å². The highest BCUT2D eigenvalue weighted by molar-refractivity contribution is 5.32. The second-order valence-corrected chi connectivity index (χ2v) is 3.75. The standard InChI is InChI=1S/C13H15N3O/c1-16(13-14-8-3-9-15-13)10-11-4-6-12(17-2)7-5-11/h3-9H,10H2,1-2H3. The summed E-state index contributed by atoms with van der Waals surface area (Å²) in [5.41, 5.74) is 1.20. The fourth-order valence-electron chi connectivity index (χ4n) is 1.56. The largest absolute Gasteiger partial charge is 0.497 e. The van der Waals surface area contributed by atoms with E-state index in [0.29, 0.717) is 0 Å². The molecule has 88 valence electrons. The van der Waals surface area contributed by atoms with E-state index in [1.165, 1.54) is 5.56 Å². The van der Waals surface area contributed by atoms with Gasteiger partial charge in [-0.15, -0.1) is 0 Å². The molecule has 0 saturated heterocycles. The number of nitrogens with zero attached hydrogens (tertiary/aromatic N) is 3. The normalized spacial score (nSPS) is 10.0. The number of aromatic nitrogens is 2. The van der Waals surface area contributed by atoms with Crippen LogP contribution in [0.4, 0.5) is 5.95 Å². The van der Waals surface area contributed by atoms with Gasteiger partial charge in [-0.3, -0.25) is 0 Å². The number of methoxy groups -OCH3 is 1.